The molecular weight excluding hydrogens is 488 g/mol. The molecule has 0 aliphatic heterocycles. The summed E-state index contributed by atoms with van der Waals surface area (Å²) < 4.78 is 85.4. The van der Waals surface area contributed by atoms with Gasteiger partial charge >= 0.3 is 6.18 Å². The van der Waals surface area contributed by atoms with E-state index in [2.05, 4.69) is 5.32 Å². The molecule has 3 aromatic carbocycles. The molecule has 1 amide bonds. The molecule has 0 aliphatic carbocycles. The molecule has 0 heterocycles. The summed E-state index contributed by atoms with van der Waals surface area (Å²) in [6, 6.07) is 16.1. The van der Waals surface area contributed by atoms with Crippen LogP contribution in [0, 0.1) is 5.82 Å². The summed E-state index contributed by atoms with van der Waals surface area (Å²) in [5.74, 6) is -1.91. The van der Waals surface area contributed by atoms with E-state index in [4.69, 9.17) is 4.74 Å². The Hall–Kier alpha value is -3.44. The fraction of sp³-hybridized carbons (Fsp3) is 0.208. The number of carbonyl (C=O) groups is 1. The highest BCUT2D eigenvalue weighted by atomic mass is 32.2. The van der Waals surface area contributed by atoms with Crippen LogP contribution in [-0.2, 0) is 27.5 Å². The number of alkyl halides is 3. The topological polar surface area (TPSA) is 75.7 Å². The number of rotatable bonds is 9. The summed E-state index contributed by atoms with van der Waals surface area (Å²) in [5, 5.41) is 2.22. The average Bonchev–Trinajstić information content (AvgIpc) is 2.80. The second-order valence-electron chi connectivity index (χ2n) is 7.40. The van der Waals surface area contributed by atoms with Crippen LogP contribution in [0.15, 0.2) is 77.7 Å². The van der Waals surface area contributed by atoms with Gasteiger partial charge in [0.05, 0.1) is 23.6 Å². The molecule has 0 atom stereocenters. The van der Waals surface area contributed by atoms with E-state index >= 15 is 0 Å². The molecule has 186 valence electrons. The third-order valence-electron chi connectivity index (χ3n) is 4.85. The minimum Gasteiger partial charge on any atom is -0.494 e. The number of ether oxygens (including phenoxy) is 1. The number of benzene rings is 3. The van der Waals surface area contributed by atoms with Crippen molar-refractivity contribution in [2.45, 2.75) is 24.5 Å². The van der Waals surface area contributed by atoms with Gasteiger partial charge in [-0.15, -0.1) is 0 Å². The number of hydrogen-bond acceptors (Lipinski definition) is 4. The largest absolute Gasteiger partial charge is 0.494 e. The Labute approximate surface area is 200 Å². The summed E-state index contributed by atoms with van der Waals surface area (Å²) >= 11 is 0. The van der Waals surface area contributed by atoms with E-state index in [9.17, 15) is 30.8 Å². The van der Waals surface area contributed by atoms with Gasteiger partial charge in [0.25, 0.3) is 0 Å². The summed E-state index contributed by atoms with van der Waals surface area (Å²) in [6.07, 6.45) is -4.96. The van der Waals surface area contributed by atoms with Crippen molar-refractivity contribution in [2.75, 3.05) is 18.5 Å². The molecule has 3 rings (SSSR count). The van der Waals surface area contributed by atoms with Gasteiger partial charge in [0.1, 0.15) is 11.6 Å². The third-order valence-corrected chi connectivity index (χ3v) is 6.66. The van der Waals surface area contributed by atoms with E-state index in [1.807, 2.05) is 0 Å². The van der Waals surface area contributed by atoms with Gasteiger partial charge in [0.15, 0.2) is 0 Å². The van der Waals surface area contributed by atoms with Crippen LogP contribution in [0.2, 0.25) is 0 Å². The number of nitrogens with zero attached hydrogens (tertiary/aromatic N) is 1. The van der Waals surface area contributed by atoms with E-state index in [1.165, 1.54) is 24.3 Å². The average molecular weight is 511 g/mol. The van der Waals surface area contributed by atoms with Crippen LogP contribution >= 0.6 is 0 Å². The normalized spacial score (nSPS) is 11.9. The lowest BCUT2D eigenvalue weighted by atomic mass is 10.2. The molecule has 1 N–H and O–H groups in total. The number of amides is 1. The van der Waals surface area contributed by atoms with Crippen LogP contribution in [0.3, 0.4) is 0 Å². The molecule has 35 heavy (non-hydrogen) atoms. The van der Waals surface area contributed by atoms with Crippen molar-refractivity contribution in [3.8, 4) is 5.75 Å². The number of anilines is 1. The maximum Gasteiger partial charge on any atom is 0.419 e. The molecule has 0 fully saturated rings. The van der Waals surface area contributed by atoms with Crippen LogP contribution < -0.4 is 10.1 Å². The second kappa shape index (κ2) is 10.9. The first-order valence-corrected chi connectivity index (χ1v) is 11.9. The molecule has 0 aromatic heterocycles. The van der Waals surface area contributed by atoms with Crippen LogP contribution in [0.4, 0.5) is 23.2 Å². The van der Waals surface area contributed by atoms with E-state index in [1.54, 1.807) is 37.3 Å². The molecule has 0 radical (unpaired) electrons. The van der Waals surface area contributed by atoms with E-state index in [0.29, 0.717) is 30.1 Å². The molecule has 0 unspecified atom stereocenters. The van der Waals surface area contributed by atoms with Crippen LogP contribution in [0.5, 0.6) is 5.75 Å². The molecule has 3 aromatic rings. The van der Waals surface area contributed by atoms with Gasteiger partial charge in [0, 0.05) is 12.2 Å². The molecule has 11 heteroatoms. The monoisotopic (exact) mass is 510 g/mol. The highest BCUT2D eigenvalue weighted by Crippen LogP contribution is 2.33. The van der Waals surface area contributed by atoms with Crippen molar-refractivity contribution in [1.29, 1.82) is 0 Å². The Morgan fingerprint density at radius 2 is 1.66 bits per heavy atom. The Morgan fingerprint density at radius 3 is 2.26 bits per heavy atom. The zero-order valence-corrected chi connectivity index (χ0v) is 19.4. The standard InChI is InChI=1S/C24H22F4N2O4S/c1-2-34-19-9-11-20(12-10-19)35(32,33)30(15-17-6-4-3-5-7-17)16-23(31)29-18-8-13-22(25)21(14-18)24(26,27)28/h3-14H,2,15-16H2,1H3,(H,29,31). The maximum absolute atomic E-state index is 13.5. The van der Waals surface area contributed by atoms with Crippen molar-refractivity contribution in [2.24, 2.45) is 0 Å². The molecule has 0 spiro atoms. The van der Waals surface area contributed by atoms with Gasteiger partial charge in [-0.1, -0.05) is 30.3 Å². The van der Waals surface area contributed by atoms with Crippen LogP contribution in [0.25, 0.3) is 0 Å². The molecule has 0 saturated carbocycles. The Bertz CT molecular complexity index is 1260. The SMILES string of the molecule is CCOc1ccc(S(=O)(=O)N(CC(=O)Nc2ccc(F)c(C(F)(F)F)c2)Cc2ccccc2)cc1. The Kier molecular flexibility index (Phi) is 8.13. The van der Waals surface area contributed by atoms with Crippen molar-refractivity contribution < 1.29 is 35.5 Å². The highest BCUT2D eigenvalue weighted by molar-refractivity contribution is 7.89. The van der Waals surface area contributed by atoms with Crippen molar-refractivity contribution in [1.82, 2.24) is 4.31 Å². The molecule has 0 aliphatic rings. The molecule has 0 bridgehead atoms. The number of nitrogens with one attached hydrogen (secondary N) is 1. The van der Waals surface area contributed by atoms with Gasteiger partial charge in [-0.2, -0.15) is 17.5 Å². The highest BCUT2D eigenvalue weighted by Gasteiger charge is 2.34. The summed E-state index contributed by atoms with van der Waals surface area (Å²) in [6.45, 7) is 1.32. The lowest BCUT2D eigenvalue weighted by Crippen LogP contribution is -2.37. The lowest BCUT2D eigenvalue weighted by molar-refractivity contribution is -0.140. The predicted octanol–water partition coefficient (Wildman–Crippen LogP) is 5.07. The quantitative estimate of drug-likeness (QED) is 0.408. The Balaban J connectivity index is 1.86. The van der Waals surface area contributed by atoms with E-state index in [0.717, 1.165) is 10.4 Å². The first-order valence-electron chi connectivity index (χ1n) is 10.4. The zero-order chi connectivity index (χ0) is 25.6. The van der Waals surface area contributed by atoms with Crippen LogP contribution in [-0.4, -0.2) is 31.8 Å². The van der Waals surface area contributed by atoms with Crippen molar-refractivity contribution in [3.05, 3.63) is 89.7 Å². The number of halogens is 4. The molecular formula is C24H22F4N2O4S. The first-order chi connectivity index (χ1) is 16.5. The minimum atomic E-state index is -4.96. The number of sulfonamides is 1. The zero-order valence-electron chi connectivity index (χ0n) is 18.5. The maximum atomic E-state index is 13.5. The summed E-state index contributed by atoms with van der Waals surface area (Å²) in [7, 11) is -4.18. The van der Waals surface area contributed by atoms with Gasteiger partial charge in [0.2, 0.25) is 15.9 Å². The number of hydrogen-bond donors (Lipinski definition) is 1. The fourth-order valence-electron chi connectivity index (χ4n) is 3.22. The van der Waals surface area contributed by atoms with Gasteiger partial charge < -0.3 is 10.1 Å². The fourth-order valence-corrected chi connectivity index (χ4v) is 4.60. The Morgan fingerprint density at radius 1 is 1.00 bits per heavy atom. The molecule has 6 nitrogen and oxygen atoms in total. The predicted molar refractivity (Wildman–Crippen MR) is 122 cm³/mol. The van der Waals surface area contributed by atoms with Gasteiger partial charge in [-0.3, -0.25) is 4.79 Å². The molecule has 0 saturated heterocycles. The third kappa shape index (κ3) is 6.80. The summed E-state index contributed by atoms with van der Waals surface area (Å²) in [4.78, 5) is 12.6. The van der Waals surface area contributed by atoms with E-state index < -0.39 is 40.0 Å². The minimum absolute atomic E-state index is 0.0918. The lowest BCUT2D eigenvalue weighted by Gasteiger charge is -2.22. The smallest absolute Gasteiger partial charge is 0.419 e. The van der Waals surface area contributed by atoms with Gasteiger partial charge in [-0.25, -0.2) is 12.8 Å². The van der Waals surface area contributed by atoms with E-state index in [-0.39, 0.29) is 17.1 Å². The summed E-state index contributed by atoms with van der Waals surface area (Å²) in [5.41, 5.74) is -1.27. The first kappa shape index (κ1) is 26.2. The van der Waals surface area contributed by atoms with Crippen LogP contribution in [0.1, 0.15) is 18.1 Å². The van der Waals surface area contributed by atoms with Crippen molar-refractivity contribution >= 4 is 21.6 Å². The number of carbonyl (C=O) groups excluding carboxylic acids is 1. The van der Waals surface area contributed by atoms with Crippen molar-refractivity contribution in [3.63, 3.8) is 0 Å². The second-order valence-corrected chi connectivity index (χ2v) is 9.34. The van der Waals surface area contributed by atoms with Gasteiger partial charge in [-0.05, 0) is 55.0 Å².